The van der Waals surface area contributed by atoms with E-state index in [1.807, 2.05) is 99.2 Å². The minimum absolute atomic E-state index is 0.0514. The molecule has 0 spiro atoms. The van der Waals surface area contributed by atoms with Crippen LogP contribution in [0.3, 0.4) is 0 Å². The number of ether oxygens (including phenoxy) is 5. The molecule has 29 heteroatoms. The number of pyridine rings is 2. The van der Waals surface area contributed by atoms with Gasteiger partial charge in [0.25, 0.3) is 0 Å². The molecule has 15 rings (SSSR count). The fourth-order valence-electron chi connectivity index (χ4n) is 16.1. The molecule has 3 aliphatic heterocycles. The standard InChI is InChI=1S/C27H39N7O4.2C26H36N6O3/c1-17(16-38-4)30-26-28-13-24-22(11-23(34(24)31-26)18-5-7-20(35)8-6-18)19-12-29-33(14-19)27(2,3)25(37)32-10-9-21(36)15-32;2*1-18(17-34-3)29-25-28-16-23-21(20-6-9-27-24(14-20)31-10-12-35-13-11-31)15-22(32(23)30-25)19-4-7-26(2,33)8-5-19/h11-14,17-18,20-21,35-36H,5-10,15-16H2,1-4H3,(H,30,31);2*6,9,14-16,18-19,33H,4-5,7-8,10-13,17H2,1-3H3,(H,29,30)/t17-,18?,20?,21-;2*18-,19?,26?/m000/s1. The van der Waals surface area contributed by atoms with Crippen LogP contribution in [0.5, 0.6) is 0 Å². The number of aliphatic hydroxyl groups is 4. The van der Waals surface area contributed by atoms with Crippen LogP contribution in [0.4, 0.5) is 29.5 Å². The Balaban J connectivity index is 0.000000143. The van der Waals surface area contributed by atoms with Crippen LogP contribution in [0.25, 0.3) is 49.9 Å². The molecular formula is C79H111N19O10. The fourth-order valence-corrected chi connectivity index (χ4v) is 16.1. The Labute approximate surface area is 632 Å². The smallest absolute Gasteiger partial charge is 0.250 e. The number of aliphatic hydroxyl groups excluding tert-OH is 2. The molecule has 3 saturated heterocycles. The van der Waals surface area contributed by atoms with Crippen LogP contribution < -0.4 is 25.8 Å². The lowest BCUT2D eigenvalue weighted by atomic mass is 9.78. The summed E-state index contributed by atoms with van der Waals surface area (Å²) in [5, 5.41) is 70.2. The Morgan fingerprint density at radius 1 is 0.528 bits per heavy atom. The molecule has 582 valence electrons. The zero-order valence-corrected chi connectivity index (χ0v) is 64.5. The molecule has 12 heterocycles. The number of likely N-dealkylation sites (tertiary alicyclic amines) is 1. The van der Waals surface area contributed by atoms with Crippen molar-refractivity contribution in [2.75, 3.05) is 133 Å². The molecule has 6 aliphatic rings. The van der Waals surface area contributed by atoms with Gasteiger partial charge in [-0.05, 0) is 186 Å². The van der Waals surface area contributed by atoms with Crippen LogP contribution >= 0.6 is 0 Å². The van der Waals surface area contributed by atoms with Gasteiger partial charge in [0.15, 0.2) is 0 Å². The summed E-state index contributed by atoms with van der Waals surface area (Å²) < 4.78 is 34.5. The number of nitrogens with zero attached hydrogens (tertiary/aromatic N) is 16. The molecule has 1 amide bonds. The van der Waals surface area contributed by atoms with Crippen LogP contribution in [-0.2, 0) is 34.0 Å². The van der Waals surface area contributed by atoms with Crippen molar-refractivity contribution in [1.29, 1.82) is 0 Å². The summed E-state index contributed by atoms with van der Waals surface area (Å²) in [5.41, 5.74) is 10.4. The van der Waals surface area contributed by atoms with E-state index >= 15 is 0 Å². The Bertz CT molecular complexity index is 4280. The molecule has 3 aliphatic carbocycles. The number of hydrogen-bond donors (Lipinski definition) is 7. The first-order valence-corrected chi connectivity index (χ1v) is 38.7. The average Bonchev–Trinajstić information content (AvgIpc) is 1.62. The fraction of sp³-hybridized carbons (Fsp3) is 0.595. The SMILES string of the molecule is COC[C@H](C)Nc1ncc2c(-c3ccnc(N4CCOCC4)c3)cc(C3CCC(C)(O)CC3)n2n1.COC[C@H](C)Nc1ncc2c(-c3ccnc(N4CCOCC4)c3)cc(C3CCC(C)(O)CC3)n2n1.COC[C@H](C)Nc1ncc2c(-c3cnn(C(C)(C)C(=O)N4CC[C@H](O)C4)c3)cc(C3CCC(O)CC3)n2n1. The molecule has 6 fully saturated rings. The van der Waals surface area contributed by atoms with Gasteiger partial charge in [0, 0.05) is 154 Å². The molecule has 3 saturated carbocycles. The number of fused-ring (bicyclic) bond motifs is 3. The van der Waals surface area contributed by atoms with Crippen molar-refractivity contribution in [1.82, 2.24) is 68.4 Å². The average molecular weight is 1490 g/mol. The Hall–Kier alpha value is -8.52. The van der Waals surface area contributed by atoms with E-state index in [0.29, 0.717) is 69.0 Å². The summed E-state index contributed by atoms with van der Waals surface area (Å²) in [7, 11) is 5.05. The number of rotatable bonds is 22. The van der Waals surface area contributed by atoms with E-state index in [4.69, 9.17) is 39.0 Å². The van der Waals surface area contributed by atoms with E-state index in [2.05, 4.69) is 98.2 Å². The van der Waals surface area contributed by atoms with Gasteiger partial charge in [-0.25, -0.2) is 38.5 Å². The summed E-state index contributed by atoms with van der Waals surface area (Å²) >= 11 is 0. The van der Waals surface area contributed by atoms with Gasteiger partial charge in [-0.2, -0.15) is 5.10 Å². The number of morpholine rings is 2. The second kappa shape index (κ2) is 34.2. The lowest BCUT2D eigenvalue weighted by Gasteiger charge is -2.32. The highest BCUT2D eigenvalue weighted by Gasteiger charge is 2.39. The number of anilines is 5. The summed E-state index contributed by atoms with van der Waals surface area (Å²) in [6.45, 7) is 22.6. The first kappa shape index (κ1) is 77.6. The van der Waals surface area contributed by atoms with Gasteiger partial charge >= 0.3 is 0 Å². The zero-order chi connectivity index (χ0) is 75.9. The van der Waals surface area contributed by atoms with Crippen molar-refractivity contribution in [2.24, 2.45) is 0 Å². The number of amides is 1. The van der Waals surface area contributed by atoms with E-state index < -0.39 is 22.8 Å². The maximum Gasteiger partial charge on any atom is 0.250 e. The van der Waals surface area contributed by atoms with Gasteiger partial charge in [-0.1, -0.05) is 0 Å². The van der Waals surface area contributed by atoms with Gasteiger partial charge < -0.3 is 74.8 Å². The van der Waals surface area contributed by atoms with Gasteiger partial charge in [0.05, 0.1) is 111 Å². The number of aromatic nitrogens is 13. The number of nitrogens with one attached hydrogen (secondary N) is 3. The molecule has 0 radical (unpaired) electrons. The molecule has 9 aromatic rings. The first-order valence-electron chi connectivity index (χ1n) is 38.7. The summed E-state index contributed by atoms with van der Waals surface area (Å²) in [6, 6.07) is 15.3. The topological polar surface area (TPSA) is 324 Å². The molecule has 9 aromatic heterocycles. The van der Waals surface area contributed by atoms with Crippen molar-refractivity contribution < 1.29 is 48.9 Å². The van der Waals surface area contributed by atoms with E-state index in [-0.39, 0.29) is 36.1 Å². The summed E-state index contributed by atoms with van der Waals surface area (Å²) in [6.07, 6.45) is 23.2. The molecule has 0 unspecified atom stereocenters. The van der Waals surface area contributed by atoms with E-state index in [1.165, 1.54) is 11.4 Å². The van der Waals surface area contributed by atoms with Crippen molar-refractivity contribution >= 4 is 51.9 Å². The highest BCUT2D eigenvalue weighted by atomic mass is 16.5. The first-order chi connectivity index (χ1) is 52.0. The van der Waals surface area contributed by atoms with Crippen LogP contribution in [0.2, 0.25) is 0 Å². The normalized spacial score (nSPS) is 23.7. The predicted octanol–water partition coefficient (Wildman–Crippen LogP) is 9.35. The Morgan fingerprint density at radius 2 is 0.917 bits per heavy atom. The number of carbonyl (C=O) groups is 1. The van der Waals surface area contributed by atoms with Crippen molar-refractivity contribution in [3.8, 4) is 33.4 Å². The van der Waals surface area contributed by atoms with E-state index in [9.17, 15) is 25.2 Å². The van der Waals surface area contributed by atoms with Crippen LogP contribution in [0, 0.1) is 0 Å². The van der Waals surface area contributed by atoms with Gasteiger partial charge in [0.1, 0.15) is 17.2 Å². The third-order valence-corrected chi connectivity index (χ3v) is 22.3. The van der Waals surface area contributed by atoms with Crippen molar-refractivity contribution in [3.05, 3.63) is 103 Å². The second-order valence-corrected chi connectivity index (χ2v) is 31.6. The predicted molar refractivity (Wildman–Crippen MR) is 415 cm³/mol. The van der Waals surface area contributed by atoms with Gasteiger partial charge in [0.2, 0.25) is 23.8 Å². The van der Waals surface area contributed by atoms with Crippen LogP contribution in [0.1, 0.15) is 167 Å². The monoisotopic (exact) mass is 1490 g/mol. The third-order valence-electron chi connectivity index (χ3n) is 22.3. The van der Waals surface area contributed by atoms with E-state index in [1.54, 1.807) is 37.1 Å². The largest absolute Gasteiger partial charge is 0.393 e. The third kappa shape index (κ3) is 18.2. The van der Waals surface area contributed by atoms with E-state index in [0.717, 1.165) is 197 Å². The molecule has 29 nitrogen and oxygen atoms in total. The molecular weight excluding hydrogens is 1370 g/mol. The molecule has 108 heavy (non-hydrogen) atoms. The minimum Gasteiger partial charge on any atom is -0.393 e. The van der Waals surface area contributed by atoms with Crippen LogP contribution in [-0.4, -0.2) is 243 Å². The van der Waals surface area contributed by atoms with Gasteiger partial charge in [-0.3, -0.25) is 9.48 Å². The molecule has 7 N–H and O–H groups in total. The Morgan fingerprint density at radius 3 is 1.30 bits per heavy atom. The maximum atomic E-state index is 13.3. The lowest BCUT2D eigenvalue weighted by Crippen LogP contribution is -2.46. The molecule has 0 aromatic carbocycles. The second-order valence-electron chi connectivity index (χ2n) is 31.6. The summed E-state index contributed by atoms with van der Waals surface area (Å²) in [4.78, 5) is 42.6. The molecule has 0 bridgehead atoms. The number of methoxy groups -OCH3 is 3. The number of carbonyl (C=O) groups excluding carboxylic acids is 1. The number of hydrogen-bond acceptors (Lipinski definition) is 24. The zero-order valence-electron chi connectivity index (χ0n) is 64.5. The minimum atomic E-state index is -0.898. The van der Waals surface area contributed by atoms with Crippen LogP contribution in [0.15, 0.2) is 85.8 Å². The van der Waals surface area contributed by atoms with Crippen molar-refractivity contribution in [3.63, 3.8) is 0 Å². The highest BCUT2D eigenvalue weighted by molar-refractivity contribution is 5.86. The maximum absolute atomic E-state index is 13.3. The quantitative estimate of drug-likeness (QED) is 0.0332. The van der Waals surface area contributed by atoms with Crippen molar-refractivity contribution in [2.45, 2.75) is 197 Å². The molecule has 4 atom stereocenters. The highest BCUT2D eigenvalue weighted by Crippen LogP contribution is 2.44. The Kier molecular flexibility index (Phi) is 24.6. The summed E-state index contributed by atoms with van der Waals surface area (Å²) in [5.74, 6) is 4.49. The number of β-amino-alcohol motifs (C(OH)–C–C–N with tert-alkyl or cyclic N) is 1. The van der Waals surface area contributed by atoms with Gasteiger partial charge in [-0.15, -0.1) is 15.3 Å². The lowest BCUT2D eigenvalue weighted by molar-refractivity contribution is -0.139.